The van der Waals surface area contributed by atoms with E-state index in [-0.39, 0.29) is 18.4 Å². The van der Waals surface area contributed by atoms with Crippen LogP contribution in [0.15, 0.2) is 60.0 Å². The number of rotatable bonds is 8. The summed E-state index contributed by atoms with van der Waals surface area (Å²) < 4.78 is 5.43. The number of hydrogen-bond donors (Lipinski definition) is 1. The van der Waals surface area contributed by atoms with E-state index in [9.17, 15) is 9.59 Å². The summed E-state index contributed by atoms with van der Waals surface area (Å²) in [6.07, 6.45) is 0. The molecule has 3 rings (SSSR count). The molecule has 1 heterocycles. The molecular weight excluding hydrogens is 396 g/mol. The second-order valence-corrected chi connectivity index (χ2v) is 8.23. The molecule has 30 heavy (non-hydrogen) atoms. The van der Waals surface area contributed by atoms with Crippen molar-refractivity contribution in [3.8, 4) is 5.75 Å². The monoisotopic (exact) mass is 422 g/mol. The van der Waals surface area contributed by atoms with Crippen LogP contribution in [0, 0.1) is 13.8 Å². The first-order valence-corrected chi connectivity index (χ1v) is 10.6. The molecule has 5 nitrogen and oxygen atoms in total. The summed E-state index contributed by atoms with van der Waals surface area (Å²) in [6.45, 7) is 4.72. The van der Waals surface area contributed by atoms with Crippen LogP contribution in [0.5, 0.6) is 5.75 Å². The Balaban J connectivity index is 1.72. The zero-order valence-corrected chi connectivity index (χ0v) is 18.3. The number of carbonyl (C=O) groups excluding carboxylic acids is 2. The van der Waals surface area contributed by atoms with E-state index < -0.39 is 0 Å². The summed E-state index contributed by atoms with van der Waals surface area (Å²) in [5.41, 5.74) is 3.52. The van der Waals surface area contributed by atoms with E-state index in [4.69, 9.17) is 4.74 Å². The second kappa shape index (κ2) is 10.1. The van der Waals surface area contributed by atoms with Crippen molar-refractivity contribution in [2.24, 2.45) is 0 Å². The van der Waals surface area contributed by atoms with Crippen LogP contribution >= 0.6 is 11.3 Å². The number of methoxy groups -OCH3 is 1. The molecule has 156 valence electrons. The fraction of sp³-hybridized carbons (Fsp3) is 0.250. The molecule has 0 spiro atoms. The van der Waals surface area contributed by atoms with Gasteiger partial charge in [-0.2, -0.15) is 0 Å². The van der Waals surface area contributed by atoms with Crippen molar-refractivity contribution >= 4 is 23.2 Å². The molecule has 1 aromatic heterocycles. The van der Waals surface area contributed by atoms with Crippen LogP contribution in [0.2, 0.25) is 0 Å². The van der Waals surface area contributed by atoms with Crippen LogP contribution in [0.25, 0.3) is 0 Å². The highest BCUT2D eigenvalue weighted by Gasteiger charge is 2.18. The Bertz CT molecular complexity index is 995. The molecule has 0 bridgehead atoms. The zero-order chi connectivity index (χ0) is 21.5. The first-order chi connectivity index (χ1) is 14.5. The number of carbonyl (C=O) groups is 2. The minimum atomic E-state index is -0.247. The Morgan fingerprint density at radius 3 is 2.40 bits per heavy atom. The third-order valence-corrected chi connectivity index (χ3v) is 5.58. The molecule has 0 unspecified atom stereocenters. The molecule has 0 fully saturated rings. The first kappa shape index (κ1) is 21.6. The fourth-order valence-electron chi connectivity index (χ4n) is 3.34. The lowest BCUT2D eigenvalue weighted by molar-refractivity contribution is -0.131. The van der Waals surface area contributed by atoms with Gasteiger partial charge in [-0.25, -0.2) is 0 Å². The predicted molar refractivity (Wildman–Crippen MR) is 120 cm³/mol. The molecule has 0 saturated carbocycles. The van der Waals surface area contributed by atoms with Gasteiger partial charge in [-0.15, -0.1) is 11.3 Å². The lowest BCUT2D eigenvalue weighted by Gasteiger charge is -2.23. The Morgan fingerprint density at radius 1 is 1.00 bits per heavy atom. The van der Waals surface area contributed by atoms with Gasteiger partial charge in [0.1, 0.15) is 5.75 Å². The first-order valence-electron chi connectivity index (χ1n) is 9.75. The highest BCUT2D eigenvalue weighted by molar-refractivity contribution is 7.09. The molecule has 0 radical (unpaired) electrons. The number of amides is 2. The van der Waals surface area contributed by atoms with Gasteiger partial charge in [-0.05, 0) is 43.5 Å². The molecule has 0 aliphatic rings. The Hall–Kier alpha value is -3.12. The van der Waals surface area contributed by atoms with Crippen molar-refractivity contribution in [3.05, 3.63) is 87.1 Å². The van der Waals surface area contributed by atoms with Gasteiger partial charge < -0.3 is 15.0 Å². The van der Waals surface area contributed by atoms with E-state index in [1.165, 1.54) is 0 Å². The molecule has 0 aliphatic heterocycles. The summed E-state index contributed by atoms with van der Waals surface area (Å²) in [5.74, 6) is 0.344. The van der Waals surface area contributed by atoms with E-state index in [1.54, 1.807) is 23.3 Å². The smallest absolute Gasteiger partial charge is 0.251 e. The van der Waals surface area contributed by atoms with Crippen molar-refractivity contribution in [1.29, 1.82) is 0 Å². The Kier molecular flexibility index (Phi) is 7.25. The standard InChI is InChI=1S/C24H26N2O3S/c1-17-11-18(2)13-20(12-17)24(28)25-14-23(27)26(16-21-8-6-10-30-21)15-19-7-4-5-9-22(19)29-3/h4-13H,14-16H2,1-3H3,(H,25,28). The van der Waals surface area contributed by atoms with Crippen molar-refractivity contribution < 1.29 is 14.3 Å². The van der Waals surface area contributed by atoms with E-state index in [1.807, 2.05) is 73.8 Å². The summed E-state index contributed by atoms with van der Waals surface area (Å²) in [4.78, 5) is 28.4. The molecule has 1 N–H and O–H groups in total. The average molecular weight is 423 g/mol. The molecule has 0 atom stereocenters. The number of thiophene rings is 1. The van der Waals surface area contributed by atoms with E-state index >= 15 is 0 Å². The van der Waals surface area contributed by atoms with E-state index in [0.29, 0.717) is 18.7 Å². The van der Waals surface area contributed by atoms with Gasteiger partial charge in [0.2, 0.25) is 5.91 Å². The van der Waals surface area contributed by atoms with E-state index in [2.05, 4.69) is 5.32 Å². The third-order valence-electron chi connectivity index (χ3n) is 4.72. The number of ether oxygens (including phenoxy) is 1. The summed E-state index contributed by atoms with van der Waals surface area (Å²) in [6, 6.07) is 17.3. The largest absolute Gasteiger partial charge is 0.496 e. The summed E-state index contributed by atoms with van der Waals surface area (Å²) in [7, 11) is 1.62. The van der Waals surface area contributed by atoms with Crippen molar-refractivity contribution in [3.63, 3.8) is 0 Å². The highest BCUT2D eigenvalue weighted by atomic mass is 32.1. The van der Waals surface area contributed by atoms with Gasteiger partial charge in [0, 0.05) is 22.5 Å². The number of benzene rings is 2. The van der Waals surface area contributed by atoms with Crippen molar-refractivity contribution in [1.82, 2.24) is 10.2 Å². The van der Waals surface area contributed by atoms with Gasteiger partial charge in [0.05, 0.1) is 20.2 Å². The normalized spacial score (nSPS) is 10.5. The maximum Gasteiger partial charge on any atom is 0.251 e. The van der Waals surface area contributed by atoms with Crippen LogP contribution in [0.4, 0.5) is 0 Å². The van der Waals surface area contributed by atoms with Gasteiger partial charge in [-0.1, -0.05) is 41.5 Å². The lowest BCUT2D eigenvalue weighted by Crippen LogP contribution is -2.39. The fourth-order valence-corrected chi connectivity index (χ4v) is 4.06. The maximum absolute atomic E-state index is 13.0. The topological polar surface area (TPSA) is 58.6 Å². The Morgan fingerprint density at radius 2 is 1.73 bits per heavy atom. The summed E-state index contributed by atoms with van der Waals surface area (Å²) in [5, 5.41) is 4.76. The van der Waals surface area contributed by atoms with Crippen LogP contribution in [-0.4, -0.2) is 30.4 Å². The molecule has 0 aliphatic carbocycles. The second-order valence-electron chi connectivity index (χ2n) is 7.20. The number of hydrogen-bond acceptors (Lipinski definition) is 4. The van der Waals surface area contributed by atoms with E-state index in [0.717, 1.165) is 27.3 Å². The van der Waals surface area contributed by atoms with Gasteiger partial charge in [0.15, 0.2) is 0 Å². The number of nitrogens with zero attached hydrogens (tertiary/aromatic N) is 1. The molecule has 2 aromatic carbocycles. The molecular formula is C24H26N2O3S. The van der Waals surface area contributed by atoms with Crippen molar-refractivity contribution in [2.75, 3.05) is 13.7 Å². The summed E-state index contributed by atoms with van der Waals surface area (Å²) >= 11 is 1.60. The third kappa shape index (κ3) is 5.70. The predicted octanol–water partition coefficient (Wildman–Crippen LogP) is 4.33. The number of para-hydroxylation sites is 1. The zero-order valence-electron chi connectivity index (χ0n) is 17.5. The van der Waals surface area contributed by atoms with Gasteiger partial charge >= 0.3 is 0 Å². The Labute approximate surface area is 181 Å². The van der Waals surface area contributed by atoms with Crippen molar-refractivity contribution in [2.45, 2.75) is 26.9 Å². The quantitative estimate of drug-likeness (QED) is 0.588. The minimum Gasteiger partial charge on any atom is -0.496 e. The highest BCUT2D eigenvalue weighted by Crippen LogP contribution is 2.21. The molecule has 0 saturated heterocycles. The maximum atomic E-state index is 13.0. The molecule has 6 heteroatoms. The minimum absolute atomic E-state index is 0.0631. The van der Waals surface area contributed by atoms with Crippen LogP contribution in [0.3, 0.4) is 0 Å². The SMILES string of the molecule is COc1ccccc1CN(Cc1cccs1)C(=O)CNC(=O)c1cc(C)cc(C)c1. The van der Waals surface area contributed by atoms with Gasteiger partial charge in [-0.3, -0.25) is 9.59 Å². The van der Waals surface area contributed by atoms with Crippen LogP contribution in [0.1, 0.15) is 31.9 Å². The lowest BCUT2D eigenvalue weighted by atomic mass is 10.1. The number of nitrogens with one attached hydrogen (secondary N) is 1. The van der Waals surface area contributed by atoms with Crippen LogP contribution in [-0.2, 0) is 17.9 Å². The molecule has 2 amide bonds. The number of aryl methyl sites for hydroxylation is 2. The van der Waals surface area contributed by atoms with Gasteiger partial charge in [0.25, 0.3) is 5.91 Å². The molecule has 3 aromatic rings. The van der Waals surface area contributed by atoms with Crippen LogP contribution < -0.4 is 10.1 Å². The average Bonchev–Trinajstić information content (AvgIpc) is 3.24.